The van der Waals surface area contributed by atoms with Crippen LogP contribution in [-0.4, -0.2) is 40.1 Å². The second-order valence-electron chi connectivity index (χ2n) is 6.21. The Morgan fingerprint density at radius 1 is 0.885 bits per heavy atom. The number of para-hydroxylation sites is 1. The lowest BCUT2D eigenvalue weighted by Crippen LogP contribution is -2.46. The van der Waals surface area contributed by atoms with E-state index in [2.05, 4.69) is 9.80 Å². The Bertz CT molecular complexity index is 875. The molecule has 0 amide bonds. The lowest BCUT2D eigenvalue weighted by molar-refractivity contribution is -0.0436. The number of aryl methyl sites for hydroxylation is 1. The van der Waals surface area contributed by atoms with E-state index in [9.17, 15) is 21.6 Å². The first-order valence-electron chi connectivity index (χ1n) is 8.17. The van der Waals surface area contributed by atoms with E-state index in [1.165, 1.54) is 6.07 Å². The van der Waals surface area contributed by atoms with Gasteiger partial charge in [0.05, 0.1) is 4.90 Å². The van der Waals surface area contributed by atoms with E-state index in [0.717, 1.165) is 36.6 Å². The number of piperazine rings is 1. The minimum atomic E-state index is -5.32. The third-order valence-electron chi connectivity index (χ3n) is 4.52. The number of halogens is 3. The van der Waals surface area contributed by atoms with Gasteiger partial charge in [0.1, 0.15) is 0 Å². The van der Waals surface area contributed by atoms with Crippen LogP contribution < -0.4 is 9.80 Å². The molecule has 0 radical (unpaired) electrons. The molecular formula is C18H19F3N2O2S. The lowest BCUT2D eigenvalue weighted by Gasteiger charge is -2.38. The van der Waals surface area contributed by atoms with Gasteiger partial charge in [0.15, 0.2) is 0 Å². The van der Waals surface area contributed by atoms with Crippen molar-refractivity contribution in [1.82, 2.24) is 0 Å². The Morgan fingerprint density at radius 3 is 2.00 bits per heavy atom. The normalized spacial score (nSPS) is 16.0. The van der Waals surface area contributed by atoms with Crippen molar-refractivity contribution in [1.29, 1.82) is 0 Å². The van der Waals surface area contributed by atoms with E-state index in [4.69, 9.17) is 0 Å². The zero-order chi connectivity index (χ0) is 18.9. The van der Waals surface area contributed by atoms with Gasteiger partial charge in [-0.05, 0) is 42.8 Å². The van der Waals surface area contributed by atoms with E-state index in [-0.39, 0.29) is 0 Å². The maximum Gasteiger partial charge on any atom is 0.501 e. The summed E-state index contributed by atoms with van der Waals surface area (Å²) in [6.07, 6.45) is 0. The molecule has 0 unspecified atom stereocenters. The van der Waals surface area contributed by atoms with Crippen LogP contribution in [0.25, 0.3) is 0 Å². The predicted octanol–water partition coefficient (Wildman–Crippen LogP) is 3.62. The zero-order valence-electron chi connectivity index (χ0n) is 14.2. The highest BCUT2D eigenvalue weighted by Gasteiger charge is 2.47. The molecule has 1 aliphatic heterocycles. The fraction of sp³-hybridized carbons (Fsp3) is 0.333. The standard InChI is InChI=1S/C18H19F3N2O2S/c1-14-13-16(26(24,25)18(19,20)21)7-8-17(14)23-11-9-22(10-12-23)15-5-3-2-4-6-15/h2-8,13H,9-12H2,1H3. The molecule has 8 heteroatoms. The highest BCUT2D eigenvalue weighted by molar-refractivity contribution is 7.92. The first kappa shape index (κ1) is 18.6. The van der Waals surface area contributed by atoms with Crippen molar-refractivity contribution < 1.29 is 21.6 Å². The Balaban J connectivity index is 1.76. The molecule has 1 saturated heterocycles. The Kier molecular flexibility index (Phi) is 4.88. The molecule has 2 aromatic carbocycles. The average molecular weight is 384 g/mol. The topological polar surface area (TPSA) is 40.6 Å². The smallest absolute Gasteiger partial charge is 0.368 e. The van der Waals surface area contributed by atoms with Gasteiger partial charge in [0.25, 0.3) is 9.84 Å². The van der Waals surface area contributed by atoms with E-state index < -0.39 is 20.2 Å². The van der Waals surface area contributed by atoms with Gasteiger partial charge in [-0.25, -0.2) is 8.42 Å². The van der Waals surface area contributed by atoms with Crippen molar-refractivity contribution in [2.75, 3.05) is 36.0 Å². The van der Waals surface area contributed by atoms with Crippen LogP contribution >= 0.6 is 0 Å². The number of nitrogens with zero attached hydrogens (tertiary/aromatic N) is 2. The van der Waals surface area contributed by atoms with Gasteiger partial charge in [0, 0.05) is 37.6 Å². The van der Waals surface area contributed by atoms with Gasteiger partial charge in [0.2, 0.25) is 0 Å². The Hall–Kier alpha value is -2.22. The van der Waals surface area contributed by atoms with Crippen molar-refractivity contribution in [3.8, 4) is 0 Å². The molecular weight excluding hydrogens is 365 g/mol. The summed E-state index contributed by atoms with van der Waals surface area (Å²) >= 11 is 0. The van der Waals surface area contributed by atoms with Gasteiger partial charge in [-0.1, -0.05) is 18.2 Å². The molecule has 26 heavy (non-hydrogen) atoms. The number of anilines is 2. The fourth-order valence-corrected chi connectivity index (χ4v) is 3.97. The molecule has 4 nitrogen and oxygen atoms in total. The van der Waals surface area contributed by atoms with E-state index in [1.54, 1.807) is 6.92 Å². The van der Waals surface area contributed by atoms with Crippen LogP contribution in [0.2, 0.25) is 0 Å². The summed E-state index contributed by atoms with van der Waals surface area (Å²) in [5.41, 5.74) is -2.87. The summed E-state index contributed by atoms with van der Waals surface area (Å²) in [5, 5.41) is 0. The molecule has 0 bridgehead atoms. The minimum absolute atomic E-state index is 0.517. The third-order valence-corrected chi connectivity index (χ3v) is 6.01. The van der Waals surface area contributed by atoms with Crippen LogP contribution in [-0.2, 0) is 9.84 Å². The quantitative estimate of drug-likeness (QED) is 0.811. The third kappa shape index (κ3) is 3.51. The Morgan fingerprint density at radius 2 is 1.46 bits per heavy atom. The summed E-state index contributed by atoms with van der Waals surface area (Å²) in [5.74, 6) is 0. The molecule has 0 aromatic heterocycles. The molecule has 0 saturated carbocycles. The predicted molar refractivity (Wildman–Crippen MR) is 95.3 cm³/mol. The zero-order valence-corrected chi connectivity index (χ0v) is 15.0. The largest absolute Gasteiger partial charge is 0.501 e. The molecule has 0 atom stereocenters. The number of rotatable bonds is 3. The number of hydrogen-bond acceptors (Lipinski definition) is 4. The summed E-state index contributed by atoms with van der Waals surface area (Å²) in [4.78, 5) is 3.60. The molecule has 1 fully saturated rings. The number of benzene rings is 2. The first-order chi connectivity index (χ1) is 12.2. The molecule has 0 aliphatic carbocycles. The summed E-state index contributed by atoms with van der Waals surface area (Å²) in [7, 11) is -5.32. The fourth-order valence-electron chi connectivity index (χ4n) is 3.13. The summed E-state index contributed by atoms with van der Waals surface area (Å²) in [6.45, 7) is 4.62. The molecule has 1 heterocycles. The van der Waals surface area contributed by atoms with Crippen LogP contribution in [0.1, 0.15) is 5.56 Å². The van der Waals surface area contributed by atoms with Crippen LogP contribution in [0.4, 0.5) is 24.5 Å². The molecule has 1 aliphatic rings. The van der Waals surface area contributed by atoms with E-state index in [1.807, 2.05) is 30.3 Å². The highest BCUT2D eigenvalue weighted by Crippen LogP contribution is 2.33. The van der Waals surface area contributed by atoms with Crippen molar-refractivity contribution in [2.45, 2.75) is 17.3 Å². The molecule has 0 spiro atoms. The van der Waals surface area contributed by atoms with Gasteiger partial charge in [-0.2, -0.15) is 13.2 Å². The molecule has 2 aromatic rings. The molecule has 3 rings (SSSR count). The highest BCUT2D eigenvalue weighted by atomic mass is 32.2. The Labute approximate surface area is 150 Å². The number of alkyl halides is 3. The number of sulfone groups is 1. The lowest BCUT2D eigenvalue weighted by atomic mass is 10.1. The maximum atomic E-state index is 12.7. The summed E-state index contributed by atoms with van der Waals surface area (Å²) in [6, 6.07) is 13.6. The molecule has 140 valence electrons. The molecule has 0 N–H and O–H groups in total. The van der Waals surface area contributed by atoms with Crippen LogP contribution in [0.15, 0.2) is 53.4 Å². The van der Waals surface area contributed by atoms with Crippen LogP contribution in [0.5, 0.6) is 0 Å². The maximum absolute atomic E-state index is 12.7. The van der Waals surface area contributed by atoms with Crippen molar-refractivity contribution in [3.05, 3.63) is 54.1 Å². The van der Waals surface area contributed by atoms with E-state index in [0.29, 0.717) is 18.7 Å². The average Bonchev–Trinajstić information content (AvgIpc) is 2.61. The number of hydrogen-bond donors (Lipinski definition) is 0. The van der Waals surface area contributed by atoms with E-state index >= 15 is 0 Å². The van der Waals surface area contributed by atoms with Gasteiger partial charge in [-0.15, -0.1) is 0 Å². The van der Waals surface area contributed by atoms with Gasteiger partial charge >= 0.3 is 5.51 Å². The second kappa shape index (κ2) is 6.83. The van der Waals surface area contributed by atoms with Crippen molar-refractivity contribution in [3.63, 3.8) is 0 Å². The van der Waals surface area contributed by atoms with Crippen LogP contribution in [0.3, 0.4) is 0 Å². The van der Waals surface area contributed by atoms with Gasteiger partial charge < -0.3 is 9.80 Å². The second-order valence-corrected chi connectivity index (χ2v) is 8.15. The SMILES string of the molecule is Cc1cc(S(=O)(=O)C(F)(F)F)ccc1N1CCN(c2ccccc2)CC1. The summed E-state index contributed by atoms with van der Waals surface area (Å²) < 4.78 is 61.2. The minimum Gasteiger partial charge on any atom is -0.368 e. The van der Waals surface area contributed by atoms with Gasteiger partial charge in [-0.3, -0.25) is 0 Å². The monoisotopic (exact) mass is 384 g/mol. The first-order valence-corrected chi connectivity index (χ1v) is 9.65. The van der Waals surface area contributed by atoms with Crippen molar-refractivity contribution >= 4 is 21.2 Å². The van der Waals surface area contributed by atoms with Crippen LogP contribution in [0, 0.1) is 6.92 Å². The van der Waals surface area contributed by atoms with Crippen molar-refractivity contribution in [2.24, 2.45) is 0 Å².